The molecule has 0 radical (unpaired) electrons. The SMILES string of the molecule is CCOC(=O)/C(C#N)=C/c1c(N2CCOCC2)nc2ccccn2c1=O. The molecule has 0 unspecified atom stereocenters. The fourth-order valence-electron chi connectivity index (χ4n) is 2.72. The van der Waals surface area contributed by atoms with E-state index < -0.39 is 5.97 Å². The Bertz CT molecular complexity index is 952. The Hall–Kier alpha value is -3.18. The second kappa shape index (κ2) is 7.80. The zero-order chi connectivity index (χ0) is 18.5. The summed E-state index contributed by atoms with van der Waals surface area (Å²) in [6.45, 7) is 3.96. The molecule has 0 amide bonds. The second-order valence-corrected chi connectivity index (χ2v) is 5.57. The van der Waals surface area contributed by atoms with E-state index in [1.165, 1.54) is 10.5 Å². The number of nitriles is 1. The summed E-state index contributed by atoms with van der Waals surface area (Å²) >= 11 is 0. The van der Waals surface area contributed by atoms with Crippen molar-refractivity contribution in [2.45, 2.75) is 6.92 Å². The molecule has 1 saturated heterocycles. The molecule has 3 heterocycles. The molecule has 3 rings (SSSR count). The lowest BCUT2D eigenvalue weighted by Gasteiger charge is -2.29. The lowest BCUT2D eigenvalue weighted by molar-refractivity contribution is -0.137. The first-order chi connectivity index (χ1) is 12.7. The summed E-state index contributed by atoms with van der Waals surface area (Å²) in [5, 5.41) is 9.31. The van der Waals surface area contributed by atoms with Gasteiger partial charge >= 0.3 is 5.97 Å². The number of hydrogen-bond acceptors (Lipinski definition) is 7. The maximum Gasteiger partial charge on any atom is 0.348 e. The molecule has 2 aromatic rings. The fraction of sp³-hybridized carbons (Fsp3) is 0.333. The van der Waals surface area contributed by atoms with Gasteiger partial charge in [-0.15, -0.1) is 0 Å². The molecule has 0 spiro atoms. The number of ether oxygens (including phenoxy) is 2. The van der Waals surface area contributed by atoms with Gasteiger partial charge in [-0.2, -0.15) is 5.26 Å². The molecule has 26 heavy (non-hydrogen) atoms. The fourth-order valence-corrected chi connectivity index (χ4v) is 2.72. The van der Waals surface area contributed by atoms with Gasteiger partial charge in [-0.1, -0.05) is 6.07 Å². The number of carbonyl (C=O) groups is 1. The van der Waals surface area contributed by atoms with Crippen molar-refractivity contribution < 1.29 is 14.3 Å². The zero-order valence-electron chi connectivity index (χ0n) is 14.3. The molecule has 0 aliphatic carbocycles. The average molecular weight is 354 g/mol. The Morgan fingerprint density at radius 2 is 2.19 bits per heavy atom. The van der Waals surface area contributed by atoms with E-state index in [1.807, 2.05) is 11.0 Å². The van der Waals surface area contributed by atoms with E-state index in [0.29, 0.717) is 37.8 Å². The standard InChI is InChI=1S/C18H18N4O4/c1-2-26-18(24)13(12-19)11-14-16(21-7-9-25-10-8-21)20-15-5-3-4-6-22(15)17(14)23/h3-6,11H,2,7-10H2,1H3/b13-11+. The Labute approximate surface area is 149 Å². The van der Waals surface area contributed by atoms with Crippen LogP contribution in [-0.2, 0) is 14.3 Å². The highest BCUT2D eigenvalue weighted by Crippen LogP contribution is 2.20. The topological polar surface area (TPSA) is 96.9 Å². The van der Waals surface area contributed by atoms with Gasteiger partial charge in [-0.3, -0.25) is 9.20 Å². The van der Waals surface area contributed by atoms with Crippen LogP contribution in [0.2, 0.25) is 0 Å². The molecule has 8 heteroatoms. The average Bonchev–Trinajstić information content (AvgIpc) is 2.68. The lowest BCUT2D eigenvalue weighted by atomic mass is 10.1. The quantitative estimate of drug-likeness (QED) is 0.459. The molecular weight excluding hydrogens is 336 g/mol. The van der Waals surface area contributed by atoms with Crippen molar-refractivity contribution in [1.82, 2.24) is 9.38 Å². The number of fused-ring (bicyclic) bond motifs is 1. The highest BCUT2D eigenvalue weighted by Gasteiger charge is 2.21. The number of esters is 1. The highest BCUT2D eigenvalue weighted by molar-refractivity contribution is 5.98. The summed E-state index contributed by atoms with van der Waals surface area (Å²) in [7, 11) is 0. The van der Waals surface area contributed by atoms with Gasteiger partial charge < -0.3 is 14.4 Å². The van der Waals surface area contributed by atoms with E-state index in [2.05, 4.69) is 4.98 Å². The summed E-state index contributed by atoms with van der Waals surface area (Å²) in [6.07, 6.45) is 2.86. The van der Waals surface area contributed by atoms with Crippen molar-refractivity contribution in [2.24, 2.45) is 0 Å². The Balaban J connectivity index is 2.21. The minimum absolute atomic E-state index is 0.142. The lowest BCUT2D eigenvalue weighted by Crippen LogP contribution is -2.38. The number of pyridine rings is 1. The van der Waals surface area contributed by atoms with Gasteiger partial charge in [-0.25, -0.2) is 9.78 Å². The summed E-state index contributed by atoms with van der Waals surface area (Å²) in [6, 6.07) is 7.05. The summed E-state index contributed by atoms with van der Waals surface area (Å²) in [5.41, 5.74) is 0.0799. The van der Waals surface area contributed by atoms with E-state index in [9.17, 15) is 14.9 Å². The van der Waals surface area contributed by atoms with Gasteiger partial charge in [0.1, 0.15) is 23.1 Å². The van der Waals surface area contributed by atoms with Crippen LogP contribution in [0.3, 0.4) is 0 Å². The molecule has 0 bridgehead atoms. The Morgan fingerprint density at radius 3 is 2.88 bits per heavy atom. The van der Waals surface area contributed by atoms with Crippen LogP contribution in [0.5, 0.6) is 0 Å². The van der Waals surface area contributed by atoms with E-state index in [4.69, 9.17) is 9.47 Å². The van der Waals surface area contributed by atoms with Crippen molar-refractivity contribution in [2.75, 3.05) is 37.8 Å². The third-order valence-electron chi connectivity index (χ3n) is 3.96. The van der Waals surface area contributed by atoms with Crippen LogP contribution in [0.4, 0.5) is 5.82 Å². The molecule has 0 aromatic carbocycles. The van der Waals surface area contributed by atoms with Gasteiger partial charge in [0.15, 0.2) is 0 Å². The van der Waals surface area contributed by atoms with Crippen molar-refractivity contribution in [3.05, 3.63) is 45.9 Å². The number of carbonyl (C=O) groups excluding carboxylic acids is 1. The molecule has 134 valence electrons. The van der Waals surface area contributed by atoms with Crippen molar-refractivity contribution in [3.8, 4) is 6.07 Å². The summed E-state index contributed by atoms with van der Waals surface area (Å²) in [5.74, 6) is -0.331. The predicted molar refractivity (Wildman–Crippen MR) is 94.7 cm³/mol. The third kappa shape index (κ3) is 3.43. The molecule has 8 nitrogen and oxygen atoms in total. The number of hydrogen-bond donors (Lipinski definition) is 0. The number of aromatic nitrogens is 2. The monoisotopic (exact) mass is 354 g/mol. The van der Waals surface area contributed by atoms with Crippen LogP contribution >= 0.6 is 0 Å². The zero-order valence-corrected chi connectivity index (χ0v) is 14.3. The molecular formula is C18H18N4O4. The molecule has 1 fully saturated rings. The Kier molecular flexibility index (Phi) is 5.29. The number of morpholine rings is 1. The maximum atomic E-state index is 13.0. The van der Waals surface area contributed by atoms with Crippen LogP contribution in [0.1, 0.15) is 12.5 Å². The minimum atomic E-state index is -0.763. The first kappa shape index (κ1) is 17.6. The van der Waals surface area contributed by atoms with Crippen LogP contribution in [0, 0.1) is 11.3 Å². The predicted octanol–water partition coefficient (Wildman–Crippen LogP) is 1.00. The first-order valence-electron chi connectivity index (χ1n) is 8.28. The van der Waals surface area contributed by atoms with E-state index in [-0.39, 0.29) is 23.3 Å². The second-order valence-electron chi connectivity index (χ2n) is 5.57. The molecule has 1 aliphatic rings. The molecule has 0 N–H and O–H groups in total. The van der Waals surface area contributed by atoms with Gasteiger partial charge in [0, 0.05) is 19.3 Å². The number of nitrogens with zero attached hydrogens (tertiary/aromatic N) is 4. The highest BCUT2D eigenvalue weighted by atomic mass is 16.5. The van der Waals surface area contributed by atoms with E-state index in [1.54, 1.807) is 31.3 Å². The summed E-state index contributed by atoms with van der Waals surface area (Å²) in [4.78, 5) is 31.4. The van der Waals surface area contributed by atoms with Gasteiger partial charge in [0.25, 0.3) is 5.56 Å². The molecule has 0 atom stereocenters. The number of rotatable bonds is 4. The maximum absolute atomic E-state index is 13.0. The van der Waals surface area contributed by atoms with Crippen molar-refractivity contribution >= 4 is 23.5 Å². The van der Waals surface area contributed by atoms with Crippen molar-refractivity contribution in [1.29, 1.82) is 5.26 Å². The molecule has 2 aromatic heterocycles. The van der Waals surface area contributed by atoms with Crippen LogP contribution in [-0.4, -0.2) is 48.3 Å². The first-order valence-corrected chi connectivity index (χ1v) is 8.28. The smallest absolute Gasteiger partial charge is 0.348 e. The van der Waals surface area contributed by atoms with Gasteiger partial charge in [0.2, 0.25) is 0 Å². The number of anilines is 1. The summed E-state index contributed by atoms with van der Waals surface area (Å²) < 4.78 is 11.6. The molecule has 1 aliphatic heterocycles. The van der Waals surface area contributed by atoms with Crippen LogP contribution in [0.15, 0.2) is 34.8 Å². The van der Waals surface area contributed by atoms with Crippen LogP contribution in [0.25, 0.3) is 11.7 Å². The van der Waals surface area contributed by atoms with E-state index in [0.717, 1.165) is 0 Å². The molecule has 0 saturated carbocycles. The van der Waals surface area contributed by atoms with Gasteiger partial charge in [0.05, 0.1) is 25.4 Å². The minimum Gasteiger partial charge on any atom is -0.462 e. The van der Waals surface area contributed by atoms with Crippen LogP contribution < -0.4 is 10.5 Å². The van der Waals surface area contributed by atoms with Crippen molar-refractivity contribution in [3.63, 3.8) is 0 Å². The third-order valence-corrected chi connectivity index (χ3v) is 3.96. The Morgan fingerprint density at radius 1 is 1.42 bits per heavy atom. The largest absolute Gasteiger partial charge is 0.462 e. The normalized spacial score (nSPS) is 14.9. The van der Waals surface area contributed by atoms with E-state index >= 15 is 0 Å². The van der Waals surface area contributed by atoms with Gasteiger partial charge in [-0.05, 0) is 25.1 Å².